The highest BCUT2D eigenvalue weighted by molar-refractivity contribution is 6.21. The maximum Gasteiger partial charge on any atom is 0.434 e. The average molecular weight is 415 g/mol. The van der Waals surface area contributed by atoms with Crippen molar-refractivity contribution in [2.75, 3.05) is 0 Å². The Labute approximate surface area is 167 Å². The molecule has 3 aromatic rings. The van der Waals surface area contributed by atoms with Crippen LogP contribution >= 0.6 is 0 Å². The number of alkyl halides is 3. The first kappa shape index (κ1) is 19.4. The van der Waals surface area contributed by atoms with Crippen molar-refractivity contribution >= 4 is 17.8 Å². The van der Waals surface area contributed by atoms with Crippen molar-refractivity contribution in [1.29, 1.82) is 0 Å². The van der Waals surface area contributed by atoms with E-state index in [-0.39, 0.29) is 21.9 Å². The van der Waals surface area contributed by atoms with Gasteiger partial charge in [-0.3, -0.25) is 9.59 Å². The van der Waals surface area contributed by atoms with E-state index in [4.69, 9.17) is 4.84 Å². The van der Waals surface area contributed by atoms with Gasteiger partial charge in [-0.25, -0.2) is 9.48 Å². The number of hydrogen-bond donors (Lipinski definition) is 0. The third kappa shape index (κ3) is 3.11. The van der Waals surface area contributed by atoms with E-state index < -0.39 is 35.2 Å². The van der Waals surface area contributed by atoms with E-state index in [2.05, 4.69) is 5.10 Å². The second-order valence-electron chi connectivity index (χ2n) is 6.48. The molecule has 0 atom stereocenters. The zero-order valence-corrected chi connectivity index (χ0v) is 15.3. The van der Waals surface area contributed by atoms with Gasteiger partial charge in [-0.2, -0.15) is 18.3 Å². The predicted molar refractivity (Wildman–Crippen MR) is 95.7 cm³/mol. The standard InChI is InChI=1S/C20H12F3N3O4/c1-11-6-8-12(9-7-11)25-16(20(21,22)23)15(10-24-25)19(29)30-26-17(27)13-4-2-3-5-14(13)18(26)28/h2-10H,1H3. The van der Waals surface area contributed by atoms with Crippen molar-refractivity contribution in [3.63, 3.8) is 0 Å². The Morgan fingerprint density at radius 3 is 2.07 bits per heavy atom. The van der Waals surface area contributed by atoms with Crippen LogP contribution in [0.5, 0.6) is 0 Å². The van der Waals surface area contributed by atoms with Crippen molar-refractivity contribution in [2.45, 2.75) is 13.1 Å². The number of rotatable bonds is 3. The lowest BCUT2D eigenvalue weighted by molar-refractivity contribution is -0.143. The molecule has 2 amide bonds. The number of aromatic nitrogens is 2. The van der Waals surface area contributed by atoms with Gasteiger partial charge < -0.3 is 4.84 Å². The van der Waals surface area contributed by atoms with Gasteiger partial charge in [0.1, 0.15) is 5.56 Å². The van der Waals surface area contributed by atoms with Crippen molar-refractivity contribution in [3.8, 4) is 5.69 Å². The Kier molecular flexibility index (Phi) is 4.41. The van der Waals surface area contributed by atoms with Crippen LogP contribution in [0.2, 0.25) is 0 Å². The zero-order valence-electron chi connectivity index (χ0n) is 15.3. The van der Waals surface area contributed by atoms with Gasteiger partial charge >= 0.3 is 12.1 Å². The molecular formula is C20H12F3N3O4. The van der Waals surface area contributed by atoms with Crippen LogP contribution in [-0.4, -0.2) is 32.6 Å². The summed E-state index contributed by atoms with van der Waals surface area (Å²) in [4.78, 5) is 41.8. The molecule has 1 aliphatic heterocycles. The molecule has 2 heterocycles. The third-order valence-electron chi connectivity index (χ3n) is 4.47. The Morgan fingerprint density at radius 2 is 1.53 bits per heavy atom. The van der Waals surface area contributed by atoms with Gasteiger partial charge in [-0.15, -0.1) is 0 Å². The number of carbonyl (C=O) groups excluding carboxylic acids is 3. The fraction of sp³-hybridized carbons (Fsp3) is 0.100. The van der Waals surface area contributed by atoms with Crippen molar-refractivity contribution in [1.82, 2.24) is 14.8 Å². The molecule has 10 heteroatoms. The summed E-state index contributed by atoms with van der Waals surface area (Å²) in [5.74, 6) is -3.41. The normalized spacial score (nSPS) is 13.5. The van der Waals surface area contributed by atoms with Crippen LogP contribution in [0.4, 0.5) is 13.2 Å². The third-order valence-corrected chi connectivity index (χ3v) is 4.47. The number of nitrogens with zero attached hydrogens (tertiary/aromatic N) is 3. The Morgan fingerprint density at radius 1 is 0.967 bits per heavy atom. The molecule has 0 unspecified atom stereocenters. The molecule has 0 saturated carbocycles. The number of amides is 2. The number of imide groups is 1. The van der Waals surface area contributed by atoms with E-state index in [1.807, 2.05) is 0 Å². The number of carbonyl (C=O) groups is 3. The molecule has 0 aliphatic carbocycles. The molecule has 0 spiro atoms. The van der Waals surface area contributed by atoms with Crippen LogP contribution in [-0.2, 0) is 11.0 Å². The van der Waals surface area contributed by atoms with Gasteiger partial charge in [0.25, 0.3) is 11.8 Å². The fourth-order valence-electron chi connectivity index (χ4n) is 3.03. The maximum absolute atomic E-state index is 13.7. The van der Waals surface area contributed by atoms with Gasteiger partial charge in [0.2, 0.25) is 0 Å². The smallest absolute Gasteiger partial charge is 0.324 e. The van der Waals surface area contributed by atoms with E-state index >= 15 is 0 Å². The van der Waals surface area contributed by atoms with Gasteiger partial charge in [0.05, 0.1) is 23.0 Å². The summed E-state index contributed by atoms with van der Waals surface area (Å²) < 4.78 is 41.8. The lowest BCUT2D eigenvalue weighted by Crippen LogP contribution is -2.33. The highest BCUT2D eigenvalue weighted by Gasteiger charge is 2.44. The summed E-state index contributed by atoms with van der Waals surface area (Å²) in [5, 5.41) is 3.81. The number of hydrogen-bond acceptors (Lipinski definition) is 5. The van der Waals surface area contributed by atoms with Gasteiger partial charge in [0, 0.05) is 0 Å². The number of aryl methyl sites for hydroxylation is 1. The zero-order chi connectivity index (χ0) is 21.6. The number of halogens is 3. The molecule has 152 valence electrons. The summed E-state index contributed by atoms with van der Waals surface area (Å²) >= 11 is 0. The molecule has 30 heavy (non-hydrogen) atoms. The first-order chi connectivity index (χ1) is 14.2. The van der Waals surface area contributed by atoms with E-state index in [1.165, 1.54) is 36.4 Å². The van der Waals surface area contributed by atoms with Crippen molar-refractivity contribution < 1.29 is 32.4 Å². The first-order valence-corrected chi connectivity index (χ1v) is 8.61. The van der Waals surface area contributed by atoms with Crippen LogP contribution < -0.4 is 0 Å². The minimum atomic E-state index is -4.96. The van der Waals surface area contributed by atoms with Crippen LogP contribution in [0.1, 0.15) is 42.3 Å². The average Bonchev–Trinajstić information content (AvgIpc) is 3.25. The number of hydroxylamine groups is 2. The van der Waals surface area contributed by atoms with Gasteiger partial charge in [-0.05, 0) is 31.2 Å². The molecule has 1 aromatic heterocycles. The summed E-state index contributed by atoms with van der Waals surface area (Å²) in [5.41, 5.74) is -1.44. The molecule has 0 N–H and O–H groups in total. The Bertz CT molecular complexity index is 1150. The Hall–Kier alpha value is -3.95. The lowest BCUT2D eigenvalue weighted by Gasteiger charge is -2.15. The SMILES string of the molecule is Cc1ccc(-n2ncc(C(=O)ON3C(=O)c4ccccc4C3=O)c2C(F)(F)F)cc1. The van der Waals surface area contributed by atoms with E-state index in [1.54, 1.807) is 19.1 Å². The maximum atomic E-state index is 13.7. The Balaban J connectivity index is 1.69. The minimum Gasteiger partial charge on any atom is -0.324 e. The summed E-state index contributed by atoms with van der Waals surface area (Å²) in [6.45, 7) is 1.77. The first-order valence-electron chi connectivity index (χ1n) is 8.61. The molecule has 0 fully saturated rings. The molecule has 7 nitrogen and oxygen atoms in total. The monoisotopic (exact) mass is 415 g/mol. The van der Waals surface area contributed by atoms with Crippen LogP contribution in [0.15, 0.2) is 54.7 Å². The molecule has 1 aliphatic rings. The summed E-state index contributed by atoms with van der Waals surface area (Å²) in [6.07, 6.45) is -4.28. The second-order valence-corrected chi connectivity index (χ2v) is 6.48. The topological polar surface area (TPSA) is 81.5 Å². The molecule has 0 bridgehead atoms. The van der Waals surface area contributed by atoms with Crippen molar-refractivity contribution in [2.24, 2.45) is 0 Å². The largest absolute Gasteiger partial charge is 0.434 e. The molecule has 4 rings (SSSR count). The fourth-order valence-corrected chi connectivity index (χ4v) is 3.03. The van der Waals surface area contributed by atoms with Crippen LogP contribution in [0.25, 0.3) is 5.69 Å². The van der Waals surface area contributed by atoms with E-state index in [0.717, 1.165) is 5.56 Å². The second kappa shape index (κ2) is 6.83. The number of fused-ring (bicyclic) bond motifs is 1. The van der Waals surface area contributed by atoms with Crippen LogP contribution in [0, 0.1) is 6.92 Å². The highest BCUT2D eigenvalue weighted by Crippen LogP contribution is 2.34. The van der Waals surface area contributed by atoms with Crippen LogP contribution in [0.3, 0.4) is 0 Å². The highest BCUT2D eigenvalue weighted by atomic mass is 19.4. The van der Waals surface area contributed by atoms with Crippen molar-refractivity contribution in [3.05, 3.63) is 82.7 Å². The lowest BCUT2D eigenvalue weighted by atomic mass is 10.1. The summed E-state index contributed by atoms with van der Waals surface area (Å²) in [7, 11) is 0. The quantitative estimate of drug-likeness (QED) is 0.611. The predicted octanol–water partition coefficient (Wildman–Crippen LogP) is 3.57. The minimum absolute atomic E-state index is 0.0123. The molecular weight excluding hydrogens is 403 g/mol. The molecule has 0 radical (unpaired) electrons. The van der Waals surface area contributed by atoms with Gasteiger partial charge in [0.15, 0.2) is 5.69 Å². The molecule has 0 saturated heterocycles. The van der Waals surface area contributed by atoms with E-state index in [9.17, 15) is 27.6 Å². The summed E-state index contributed by atoms with van der Waals surface area (Å²) in [6, 6.07) is 11.7. The van der Waals surface area contributed by atoms with Gasteiger partial charge in [-0.1, -0.05) is 34.9 Å². The number of benzene rings is 2. The molecule has 2 aromatic carbocycles. The van der Waals surface area contributed by atoms with E-state index in [0.29, 0.717) is 10.9 Å².